The number of hydrogen-bond donors (Lipinski definition) is 0. The maximum absolute atomic E-state index is 11.4. The van der Waals surface area contributed by atoms with Gasteiger partial charge in [-0.3, -0.25) is 4.79 Å². The number of Topliss-reactive ketones (excluding diaryl/α,β-unsaturated/α-hetero) is 1. The van der Waals surface area contributed by atoms with Crippen LogP contribution in [0.15, 0.2) is 52.3 Å². The zero-order valence-corrected chi connectivity index (χ0v) is 15.5. The van der Waals surface area contributed by atoms with E-state index in [-0.39, 0.29) is 0 Å². The first-order chi connectivity index (χ1) is 12.7. The summed E-state index contributed by atoms with van der Waals surface area (Å²) in [5, 5.41) is 9.28. The van der Waals surface area contributed by atoms with Crippen LogP contribution in [-0.4, -0.2) is 36.9 Å². The Morgan fingerprint density at radius 2 is 1.77 bits per heavy atom. The first-order valence-electron chi connectivity index (χ1n) is 9.07. The van der Waals surface area contributed by atoms with Gasteiger partial charge in [0.15, 0.2) is 0 Å². The molecule has 0 unspecified atom stereocenters. The molecule has 2 heterocycles. The molecule has 5 heteroatoms. The van der Waals surface area contributed by atoms with Crippen molar-refractivity contribution < 1.29 is 4.79 Å². The number of fused-ring (bicyclic) bond motifs is 2. The van der Waals surface area contributed by atoms with E-state index >= 15 is 0 Å². The molecule has 0 radical (unpaired) electrons. The van der Waals surface area contributed by atoms with Crippen LogP contribution in [0.2, 0.25) is 0 Å². The Hall–Kier alpha value is -2.29. The van der Waals surface area contributed by atoms with Gasteiger partial charge in [-0.25, -0.2) is 0 Å². The molecule has 0 bridgehead atoms. The number of carbonyl (C=O) groups is 1. The fourth-order valence-corrected chi connectivity index (χ4v) is 4.69. The number of anilines is 2. The molecule has 0 spiro atoms. The highest BCUT2D eigenvalue weighted by Gasteiger charge is 2.24. The van der Waals surface area contributed by atoms with Crippen LogP contribution in [0, 0.1) is 11.3 Å². The molecule has 1 fully saturated rings. The third-order valence-corrected chi connectivity index (χ3v) is 6.15. The van der Waals surface area contributed by atoms with Gasteiger partial charge in [0.25, 0.3) is 0 Å². The molecule has 2 aliphatic rings. The van der Waals surface area contributed by atoms with Crippen LogP contribution in [0.4, 0.5) is 11.4 Å². The fourth-order valence-electron chi connectivity index (χ4n) is 3.62. The summed E-state index contributed by atoms with van der Waals surface area (Å²) in [4.78, 5) is 18.6. The number of rotatable bonds is 4. The van der Waals surface area contributed by atoms with E-state index in [2.05, 4.69) is 46.2 Å². The maximum Gasteiger partial charge on any atom is 0.135 e. The van der Waals surface area contributed by atoms with Gasteiger partial charge < -0.3 is 9.80 Å². The van der Waals surface area contributed by atoms with Gasteiger partial charge in [0.1, 0.15) is 5.78 Å². The molecule has 0 aromatic heterocycles. The van der Waals surface area contributed by atoms with Gasteiger partial charge in [-0.05, 0) is 43.3 Å². The highest BCUT2D eigenvalue weighted by atomic mass is 32.2. The lowest BCUT2D eigenvalue weighted by Crippen LogP contribution is -2.36. The second-order valence-corrected chi connectivity index (χ2v) is 7.83. The van der Waals surface area contributed by atoms with E-state index in [0.29, 0.717) is 24.2 Å². The molecule has 0 aliphatic carbocycles. The van der Waals surface area contributed by atoms with Crippen LogP contribution >= 0.6 is 11.8 Å². The lowest BCUT2D eigenvalue weighted by Gasteiger charge is -2.34. The normalized spacial score (nSPS) is 16.7. The lowest BCUT2D eigenvalue weighted by atomic mass is 10.1. The summed E-state index contributed by atoms with van der Waals surface area (Å²) < 4.78 is 0. The van der Waals surface area contributed by atoms with Crippen LogP contribution in [0.1, 0.15) is 24.8 Å². The number of piperidine rings is 1. The summed E-state index contributed by atoms with van der Waals surface area (Å²) in [6.07, 6.45) is 2.42. The van der Waals surface area contributed by atoms with Crippen molar-refractivity contribution in [2.24, 2.45) is 0 Å². The van der Waals surface area contributed by atoms with Gasteiger partial charge in [-0.1, -0.05) is 23.9 Å². The number of benzene rings is 2. The van der Waals surface area contributed by atoms with Gasteiger partial charge in [-0.2, -0.15) is 5.26 Å². The molecule has 4 rings (SSSR count). The first kappa shape index (κ1) is 17.1. The van der Waals surface area contributed by atoms with Crippen molar-refractivity contribution in [2.45, 2.75) is 29.1 Å². The molecule has 0 amide bonds. The molecule has 2 aliphatic heterocycles. The Balaban J connectivity index is 1.53. The third kappa shape index (κ3) is 3.48. The quantitative estimate of drug-likeness (QED) is 0.814. The molecule has 4 nitrogen and oxygen atoms in total. The van der Waals surface area contributed by atoms with E-state index < -0.39 is 0 Å². The second-order valence-electron chi connectivity index (χ2n) is 6.75. The zero-order valence-electron chi connectivity index (χ0n) is 14.6. The van der Waals surface area contributed by atoms with Gasteiger partial charge in [0, 0.05) is 42.3 Å². The number of carbonyl (C=O) groups excluding carboxylic acids is 1. The van der Waals surface area contributed by atoms with Crippen molar-refractivity contribution in [3.63, 3.8) is 0 Å². The van der Waals surface area contributed by atoms with Gasteiger partial charge in [0.2, 0.25) is 0 Å². The highest BCUT2D eigenvalue weighted by Crippen LogP contribution is 2.48. The Morgan fingerprint density at radius 3 is 2.58 bits per heavy atom. The van der Waals surface area contributed by atoms with Crippen molar-refractivity contribution in [1.82, 2.24) is 4.90 Å². The van der Waals surface area contributed by atoms with Crippen molar-refractivity contribution in [1.29, 1.82) is 5.26 Å². The fraction of sp³-hybridized carbons (Fsp3) is 0.333. The minimum absolute atomic E-state index is 0.390. The minimum atomic E-state index is 0.390. The van der Waals surface area contributed by atoms with E-state index in [1.807, 2.05) is 12.1 Å². The first-order valence-corrected chi connectivity index (χ1v) is 9.89. The summed E-state index contributed by atoms with van der Waals surface area (Å²) in [6.45, 7) is 3.69. The van der Waals surface area contributed by atoms with E-state index in [9.17, 15) is 10.1 Å². The minimum Gasteiger partial charge on any atom is -0.340 e. The van der Waals surface area contributed by atoms with Crippen molar-refractivity contribution >= 4 is 28.9 Å². The zero-order chi connectivity index (χ0) is 17.9. The van der Waals surface area contributed by atoms with Crippen LogP contribution in [0.5, 0.6) is 0 Å². The Labute approximate surface area is 158 Å². The molecule has 1 saturated heterocycles. The summed E-state index contributed by atoms with van der Waals surface area (Å²) in [5.41, 5.74) is 3.04. The molecule has 2 aromatic rings. The van der Waals surface area contributed by atoms with E-state index in [0.717, 1.165) is 38.3 Å². The number of ketones is 1. The number of nitrogens with zero attached hydrogens (tertiary/aromatic N) is 3. The van der Waals surface area contributed by atoms with Gasteiger partial charge >= 0.3 is 0 Å². The van der Waals surface area contributed by atoms with E-state index in [1.54, 1.807) is 11.8 Å². The van der Waals surface area contributed by atoms with Crippen molar-refractivity contribution in [3.05, 3.63) is 48.0 Å². The Morgan fingerprint density at radius 1 is 1.00 bits per heavy atom. The monoisotopic (exact) mass is 363 g/mol. The van der Waals surface area contributed by atoms with Crippen molar-refractivity contribution in [3.8, 4) is 6.07 Å². The topological polar surface area (TPSA) is 47.3 Å². The predicted octanol–water partition coefficient (Wildman–Crippen LogP) is 4.22. The largest absolute Gasteiger partial charge is 0.340 e. The highest BCUT2D eigenvalue weighted by molar-refractivity contribution is 7.99. The summed E-state index contributed by atoms with van der Waals surface area (Å²) in [7, 11) is 0. The van der Waals surface area contributed by atoms with Crippen molar-refractivity contribution in [2.75, 3.05) is 31.1 Å². The predicted molar refractivity (Wildman–Crippen MR) is 104 cm³/mol. The molecule has 2 aromatic carbocycles. The second kappa shape index (κ2) is 7.53. The smallest absolute Gasteiger partial charge is 0.135 e. The van der Waals surface area contributed by atoms with Gasteiger partial charge in [-0.15, -0.1) is 0 Å². The van der Waals surface area contributed by atoms with E-state index in [4.69, 9.17) is 0 Å². The summed E-state index contributed by atoms with van der Waals surface area (Å²) in [5.74, 6) is 0.390. The molecule has 0 saturated carbocycles. The SMILES string of the molecule is N#Cc1ccc2c(c1)N(CCCN1CCC(=O)CC1)c1ccccc1S2. The number of para-hydroxylation sites is 1. The Bertz CT molecular complexity index is 864. The molecule has 132 valence electrons. The number of likely N-dealkylation sites (tertiary alicyclic amines) is 1. The molecule has 26 heavy (non-hydrogen) atoms. The van der Waals surface area contributed by atoms with E-state index in [1.165, 1.54) is 15.5 Å². The lowest BCUT2D eigenvalue weighted by molar-refractivity contribution is -0.121. The standard InChI is InChI=1S/C21H21N3OS/c22-15-16-6-7-21-19(14-16)24(18-4-1-2-5-20(18)26-21)11-3-10-23-12-8-17(25)9-13-23/h1-2,4-7,14H,3,8-13H2. The van der Waals surface area contributed by atoms with Crippen LogP contribution < -0.4 is 4.90 Å². The summed E-state index contributed by atoms with van der Waals surface area (Å²) in [6, 6.07) is 16.7. The van der Waals surface area contributed by atoms with Gasteiger partial charge in [0.05, 0.1) is 23.0 Å². The van der Waals surface area contributed by atoms with Crippen LogP contribution in [0.25, 0.3) is 0 Å². The average Bonchev–Trinajstić information content (AvgIpc) is 2.68. The average molecular weight is 363 g/mol. The number of hydrogen-bond acceptors (Lipinski definition) is 5. The Kier molecular flexibility index (Phi) is 4.96. The van der Waals surface area contributed by atoms with Crippen LogP contribution in [-0.2, 0) is 4.79 Å². The third-order valence-electron chi connectivity index (χ3n) is 5.02. The van der Waals surface area contributed by atoms with Crippen LogP contribution in [0.3, 0.4) is 0 Å². The molecule has 0 atom stereocenters. The molecule has 0 N–H and O–H groups in total. The maximum atomic E-state index is 11.4. The summed E-state index contributed by atoms with van der Waals surface area (Å²) >= 11 is 1.77. The molecular weight excluding hydrogens is 342 g/mol. The molecular formula is C21H21N3OS. The number of nitriles is 1.